The van der Waals surface area contributed by atoms with E-state index in [4.69, 9.17) is 10.5 Å². The van der Waals surface area contributed by atoms with Crippen molar-refractivity contribution in [2.24, 2.45) is 5.92 Å². The third kappa shape index (κ3) is 4.72. The van der Waals surface area contributed by atoms with Gasteiger partial charge in [0.2, 0.25) is 10.0 Å². The van der Waals surface area contributed by atoms with Gasteiger partial charge >= 0.3 is 0 Å². The summed E-state index contributed by atoms with van der Waals surface area (Å²) in [6, 6.07) is 4.54. The van der Waals surface area contributed by atoms with E-state index in [1.807, 2.05) is 0 Å². The van der Waals surface area contributed by atoms with E-state index in [0.717, 1.165) is 12.8 Å². The summed E-state index contributed by atoms with van der Waals surface area (Å²) in [5, 5.41) is 0. The van der Waals surface area contributed by atoms with Gasteiger partial charge in [0.1, 0.15) is 10.6 Å². The zero-order valence-corrected chi connectivity index (χ0v) is 12.5. The summed E-state index contributed by atoms with van der Waals surface area (Å²) in [4.78, 5) is 0.0952. The average Bonchev–Trinajstić information content (AvgIpc) is 2.34. The van der Waals surface area contributed by atoms with E-state index in [0.29, 0.717) is 18.2 Å². The Morgan fingerprint density at radius 1 is 1.37 bits per heavy atom. The van der Waals surface area contributed by atoms with Crippen molar-refractivity contribution in [2.45, 2.75) is 31.6 Å². The van der Waals surface area contributed by atoms with Crippen LogP contribution in [0.25, 0.3) is 0 Å². The molecule has 5 nitrogen and oxygen atoms in total. The molecule has 0 radical (unpaired) electrons. The zero-order valence-electron chi connectivity index (χ0n) is 11.6. The van der Waals surface area contributed by atoms with Crippen LogP contribution in [0.1, 0.15) is 26.7 Å². The van der Waals surface area contributed by atoms with Crippen LogP contribution in [0.4, 0.5) is 5.69 Å². The predicted octanol–water partition coefficient (Wildman–Crippen LogP) is 1.99. The quantitative estimate of drug-likeness (QED) is 0.593. The largest absolute Gasteiger partial charge is 0.497 e. The highest BCUT2D eigenvalue weighted by atomic mass is 32.2. The second-order valence-electron chi connectivity index (χ2n) is 4.84. The summed E-state index contributed by atoms with van der Waals surface area (Å²) in [6.45, 7) is 4.64. The fourth-order valence-electron chi connectivity index (χ4n) is 1.69. The third-order valence-electron chi connectivity index (χ3n) is 2.76. The molecular weight excluding hydrogens is 264 g/mol. The van der Waals surface area contributed by atoms with Crippen LogP contribution in [0.2, 0.25) is 0 Å². The monoisotopic (exact) mass is 286 g/mol. The standard InChI is InChI=1S/C13H22N2O3S/c1-10(2)5-4-8-15-19(16,17)13-7-6-11(18-3)9-12(13)14/h6-7,9-10,15H,4-5,8,14H2,1-3H3. The Morgan fingerprint density at radius 2 is 2.05 bits per heavy atom. The van der Waals surface area contributed by atoms with Gasteiger partial charge in [-0.3, -0.25) is 0 Å². The topological polar surface area (TPSA) is 81.4 Å². The van der Waals surface area contributed by atoms with Gasteiger partial charge in [0.25, 0.3) is 0 Å². The van der Waals surface area contributed by atoms with Crippen LogP contribution >= 0.6 is 0 Å². The van der Waals surface area contributed by atoms with Crippen LogP contribution in [0, 0.1) is 5.92 Å². The molecule has 0 amide bonds. The molecule has 0 unspecified atom stereocenters. The molecule has 0 aliphatic carbocycles. The average molecular weight is 286 g/mol. The van der Waals surface area contributed by atoms with Gasteiger partial charge in [-0.15, -0.1) is 0 Å². The predicted molar refractivity (Wildman–Crippen MR) is 76.7 cm³/mol. The Hall–Kier alpha value is -1.27. The number of hydrogen-bond donors (Lipinski definition) is 2. The van der Waals surface area contributed by atoms with E-state index >= 15 is 0 Å². The smallest absolute Gasteiger partial charge is 0.242 e. The van der Waals surface area contributed by atoms with Gasteiger partial charge in [0.05, 0.1) is 12.8 Å². The fourth-order valence-corrected chi connectivity index (χ4v) is 2.88. The zero-order chi connectivity index (χ0) is 14.5. The van der Waals surface area contributed by atoms with Gasteiger partial charge in [0.15, 0.2) is 0 Å². The molecule has 0 spiro atoms. The highest BCUT2D eigenvalue weighted by molar-refractivity contribution is 7.89. The SMILES string of the molecule is COc1ccc(S(=O)(=O)NCCCC(C)C)c(N)c1. The molecule has 0 atom stereocenters. The van der Waals surface area contributed by atoms with Crippen molar-refractivity contribution < 1.29 is 13.2 Å². The molecule has 0 fully saturated rings. The number of anilines is 1. The highest BCUT2D eigenvalue weighted by Gasteiger charge is 2.17. The summed E-state index contributed by atoms with van der Waals surface area (Å²) in [7, 11) is -2.04. The number of nitrogens with one attached hydrogen (secondary N) is 1. The van der Waals surface area contributed by atoms with E-state index < -0.39 is 10.0 Å². The molecule has 0 saturated carbocycles. The Bertz CT molecular complexity index is 513. The van der Waals surface area contributed by atoms with Crippen molar-refractivity contribution in [1.82, 2.24) is 4.72 Å². The Kier molecular flexibility index (Phi) is 5.62. The van der Waals surface area contributed by atoms with Gasteiger partial charge in [0, 0.05) is 12.6 Å². The molecule has 0 heterocycles. The molecule has 108 valence electrons. The van der Waals surface area contributed by atoms with Crippen LogP contribution in [0.5, 0.6) is 5.75 Å². The van der Waals surface area contributed by atoms with Crippen molar-refractivity contribution >= 4 is 15.7 Å². The van der Waals surface area contributed by atoms with Gasteiger partial charge in [-0.2, -0.15) is 0 Å². The maximum atomic E-state index is 12.1. The number of nitrogen functional groups attached to an aromatic ring is 1. The van der Waals surface area contributed by atoms with Crippen molar-refractivity contribution in [3.63, 3.8) is 0 Å². The first-order valence-electron chi connectivity index (χ1n) is 6.30. The van der Waals surface area contributed by atoms with Gasteiger partial charge in [-0.05, 0) is 30.9 Å². The maximum absolute atomic E-state index is 12.1. The van der Waals surface area contributed by atoms with Crippen LogP contribution in [-0.2, 0) is 10.0 Å². The molecule has 19 heavy (non-hydrogen) atoms. The Labute approximate surface area is 115 Å². The Morgan fingerprint density at radius 3 is 2.58 bits per heavy atom. The molecule has 0 aliphatic rings. The van der Waals surface area contributed by atoms with Gasteiger partial charge in [-0.1, -0.05) is 13.8 Å². The fraction of sp³-hybridized carbons (Fsp3) is 0.538. The molecule has 0 saturated heterocycles. The molecule has 1 rings (SSSR count). The third-order valence-corrected chi connectivity index (χ3v) is 4.29. The Balaban J connectivity index is 2.72. The molecule has 0 bridgehead atoms. The van der Waals surface area contributed by atoms with Crippen LogP contribution in [0.3, 0.4) is 0 Å². The van der Waals surface area contributed by atoms with Crippen molar-refractivity contribution in [1.29, 1.82) is 0 Å². The van der Waals surface area contributed by atoms with E-state index in [1.165, 1.54) is 19.2 Å². The molecule has 3 N–H and O–H groups in total. The second kappa shape index (κ2) is 6.77. The number of benzene rings is 1. The molecule has 0 aromatic heterocycles. The normalized spacial score (nSPS) is 11.8. The number of ether oxygens (including phenoxy) is 1. The minimum atomic E-state index is -3.54. The summed E-state index contributed by atoms with van der Waals surface area (Å²) in [5.74, 6) is 1.10. The lowest BCUT2D eigenvalue weighted by molar-refractivity contribution is 0.414. The lowest BCUT2D eigenvalue weighted by Crippen LogP contribution is -2.25. The van der Waals surface area contributed by atoms with E-state index in [9.17, 15) is 8.42 Å². The highest BCUT2D eigenvalue weighted by Crippen LogP contribution is 2.23. The van der Waals surface area contributed by atoms with Crippen molar-refractivity contribution in [2.75, 3.05) is 19.4 Å². The number of hydrogen-bond acceptors (Lipinski definition) is 4. The maximum Gasteiger partial charge on any atom is 0.242 e. The molecular formula is C13H22N2O3S. The minimum absolute atomic E-state index is 0.0952. The molecule has 1 aromatic rings. The van der Waals surface area contributed by atoms with E-state index in [-0.39, 0.29) is 10.6 Å². The van der Waals surface area contributed by atoms with E-state index in [1.54, 1.807) is 6.07 Å². The van der Waals surface area contributed by atoms with Gasteiger partial charge in [-0.25, -0.2) is 13.1 Å². The summed E-state index contributed by atoms with van der Waals surface area (Å²) < 4.78 is 31.7. The van der Waals surface area contributed by atoms with Crippen molar-refractivity contribution in [3.8, 4) is 5.75 Å². The lowest BCUT2D eigenvalue weighted by Gasteiger charge is -2.10. The number of methoxy groups -OCH3 is 1. The first-order chi connectivity index (χ1) is 8.86. The molecule has 1 aromatic carbocycles. The van der Waals surface area contributed by atoms with Crippen LogP contribution < -0.4 is 15.2 Å². The number of nitrogens with two attached hydrogens (primary N) is 1. The van der Waals surface area contributed by atoms with Crippen molar-refractivity contribution in [3.05, 3.63) is 18.2 Å². The molecule has 0 aliphatic heterocycles. The van der Waals surface area contributed by atoms with Gasteiger partial charge < -0.3 is 10.5 Å². The van der Waals surface area contributed by atoms with Crippen LogP contribution in [0.15, 0.2) is 23.1 Å². The first kappa shape index (κ1) is 15.8. The number of sulfonamides is 1. The number of rotatable bonds is 7. The summed E-state index contributed by atoms with van der Waals surface area (Å²) >= 11 is 0. The first-order valence-corrected chi connectivity index (χ1v) is 7.78. The minimum Gasteiger partial charge on any atom is -0.497 e. The lowest BCUT2D eigenvalue weighted by atomic mass is 10.1. The second-order valence-corrected chi connectivity index (χ2v) is 6.57. The van der Waals surface area contributed by atoms with Crippen LogP contribution in [-0.4, -0.2) is 22.1 Å². The summed E-state index contributed by atoms with van der Waals surface area (Å²) in [5.41, 5.74) is 5.93. The van der Waals surface area contributed by atoms with E-state index in [2.05, 4.69) is 18.6 Å². The molecule has 6 heteroatoms. The summed E-state index contributed by atoms with van der Waals surface area (Å²) in [6.07, 6.45) is 1.80.